The van der Waals surface area contributed by atoms with Gasteiger partial charge in [0.05, 0.1) is 12.2 Å². The van der Waals surface area contributed by atoms with Crippen molar-refractivity contribution in [1.29, 1.82) is 0 Å². The Hall–Kier alpha value is -1.42. The molecule has 0 saturated heterocycles. The molecule has 1 aromatic rings. The highest BCUT2D eigenvalue weighted by Crippen LogP contribution is 1.98. The molecule has 0 aromatic carbocycles. The number of aromatic nitrogens is 1. The van der Waals surface area contributed by atoms with Crippen LogP contribution in [0.4, 0.5) is 0 Å². The first-order valence-corrected chi connectivity index (χ1v) is 4.88. The first-order chi connectivity index (χ1) is 7.09. The van der Waals surface area contributed by atoms with Crippen molar-refractivity contribution in [3.8, 4) is 0 Å². The summed E-state index contributed by atoms with van der Waals surface area (Å²) in [6.07, 6.45) is 1.76. The lowest BCUT2D eigenvalue weighted by molar-refractivity contribution is -0.129. The molecule has 15 heavy (non-hydrogen) atoms. The average molecular weight is 207 g/mol. The van der Waals surface area contributed by atoms with Crippen molar-refractivity contribution < 1.29 is 4.79 Å². The molecule has 0 aliphatic rings. The van der Waals surface area contributed by atoms with E-state index in [0.29, 0.717) is 13.1 Å². The van der Waals surface area contributed by atoms with Crippen molar-refractivity contribution in [1.82, 2.24) is 14.8 Å². The molecule has 0 aliphatic heterocycles. The number of likely N-dealkylation sites (N-methyl/N-ethyl adjacent to an activating group) is 2. The molecule has 0 N–H and O–H groups in total. The normalized spacial score (nSPS) is 10.4. The summed E-state index contributed by atoms with van der Waals surface area (Å²) >= 11 is 0. The monoisotopic (exact) mass is 207 g/mol. The maximum Gasteiger partial charge on any atom is 0.236 e. The van der Waals surface area contributed by atoms with E-state index in [-0.39, 0.29) is 5.91 Å². The van der Waals surface area contributed by atoms with Gasteiger partial charge in [-0.25, -0.2) is 0 Å². The van der Waals surface area contributed by atoms with Crippen LogP contribution in [0.15, 0.2) is 24.4 Å². The third-order valence-electron chi connectivity index (χ3n) is 2.06. The second-order valence-corrected chi connectivity index (χ2v) is 3.78. The van der Waals surface area contributed by atoms with E-state index in [1.807, 2.05) is 30.1 Å². The smallest absolute Gasteiger partial charge is 0.236 e. The molecule has 0 atom stereocenters. The number of hydrogen-bond acceptors (Lipinski definition) is 3. The summed E-state index contributed by atoms with van der Waals surface area (Å²) in [7, 11) is 5.43. The van der Waals surface area contributed by atoms with E-state index in [0.717, 1.165) is 5.69 Å². The van der Waals surface area contributed by atoms with Gasteiger partial charge in [0, 0.05) is 26.8 Å². The first-order valence-electron chi connectivity index (χ1n) is 4.88. The van der Waals surface area contributed by atoms with Gasteiger partial charge in [0.2, 0.25) is 5.91 Å². The van der Waals surface area contributed by atoms with Crippen molar-refractivity contribution in [2.24, 2.45) is 0 Å². The van der Waals surface area contributed by atoms with Crippen molar-refractivity contribution in [2.45, 2.75) is 6.54 Å². The Morgan fingerprint density at radius 1 is 1.33 bits per heavy atom. The minimum Gasteiger partial charge on any atom is -0.348 e. The molecule has 0 aliphatic carbocycles. The Kier molecular flexibility index (Phi) is 4.24. The number of amides is 1. The molecular weight excluding hydrogens is 190 g/mol. The third-order valence-corrected chi connectivity index (χ3v) is 2.06. The van der Waals surface area contributed by atoms with Crippen LogP contribution >= 0.6 is 0 Å². The molecule has 1 amide bonds. The summed E-state index contributed by atoms with van der Waals surface area (Å²) in [4.78, 5) is 19.2. The Morgan fingerprint density at radius 3 is 2.60 bits per heavy atom. The van der Waals surface area contributed by atoms with Crippen LogP contribution in [0.3, 0.4) is 0 Å². The quantitative estimate of drug-likeness (QED) is 0.725. The molecule has 0 radical (unpaired) electrons. The number of carbonyl (C=O) groups excluding carboxylic acids is 1. The summed E-state index contributed by atoms with van der Waals surface area (Å²) in [5, 5.41) is 0. The van der Waals surface area contributed by atoms with Crippen LogP contribution in [0.1, 0.15) is 5.69 Å². The van der Waals surface area contributed by atoms with Crippen LogP contribution in [0.25, 0.3) is 0 Å². The van der Waals surface area contributed by atoms with Crippen molar-refractivity contribution >= 4 is 5.91 Å². The molecule has 0 unspecified atom stereocenters. The zero-order valence-corrected chi connectivity index (χ0v) is 9.47. The van der Waals surface area contributed by atoms with E-state index >= 15 is 0 Å². The van der Waals surface area contributed by atoms with Crippen LogP contribution in [0.5, 0.6) is 0 Å². The lowest BCUT2D eigenvalue weighted by Gasteiger charge is -2.18. The maximum atomic E-state index is 11.4. The number of hydrogen-bond donors (Lipinski definition) is 0. The summed E-state index contributed by atoms with van der Waals surface area (Å²) in [6, 6.07) is 5.79. The van der Waals surface area contributed by atoms with Gasteiger partial charge in [0.15, 0.2) is 0 Å². The molecule has 4 heteroatoms. The van der Waals surface area contributed by atoms with E-state index in [2.05, 4.69) is 4.98 Å². The predicted molar refractivity (Wildman–Crippen MR) is 59.3 cm³/mol. The summed E-state index contributed by atoms with van der Waals surface area (Å²) in [5.41, 5.74) is 0.978. The standard InChI is InChI=1S/C11H17N3O/c1-13(2)11(15)9-14(3)8-10-6-4-5-7-12-10/h4-7H,8-9H2,1-3H3. The molecule has 4 nitrogen and oxygen atoms in total. The highest BCUT2D eigenvalue weighted by atomic mass is 16.2. The largest absolute Gasteiger partial charge is 0.348 e. The summed E-state index contributed by atoms with van der Waals surface area (Å²) in [6.45, 7) is 1.12. The maximum absolute atomic E-state index is 11.4. The molecule has 1 rings (SSSR count). The molecule has 1 heterocycles. The van der Waals surface area contributed by atoms with Crippen LogP contribution < -0.4 is 0 Å². The zero-order valence-electron chi connectivity index (χ0n) is 9.47. The molecule has 0 bridgehead atoms. The van der Waals surface area contributed by atoms with E-state index in [1.54, 1.807) is 25.2 Å². The molecular formula is C11H17N3O. The minimum atomic E-state index is 0.105. The summed E-state index contributed by atoms with van der Waals surface area (Å²) in [5.74, 6) is 0.105. The highest BCUT2D eigenvalue weighted by molar-refractivity contribution is 5.77. The van der Waals surface area contributed by atoms with E-state index in [4.69, 9.17) is 0 Å². The zero-order chi connectivity index (χ0) is 11.3. The highest BCUT2D eigenvalue weighted by Gasteiger charge is 2.08. The second kappa shape index (κ2) is 5.46. The van der Waals surface area contributed by atoms with Crippen molar-refractivity contribution in [3.05, 3.63) is 30.1 Å². The molecule has 0 saturated carbocycles. The van der Waals surface area contributed by atoms with Gasteiger partial charge in [0.25, 0.3) is 0 Å². The van der Waals surface area contributed by atoms with Gasteiger partial charge in [-0.2, -0.15) is 0 Å². The topological polar surface area (TPSA) is 36.4 Å². The van der Waals surface area contributed by atoms with Crippen LogP contribution in [-0.2, 0) is 11.3 Å². The number of nitrogens with zero attached hydrogens (tertiary/aromatic N) is 3. The molecule has 0 spiro atoms. The fraction of sp³-hybridized carbons (Fsp3) is 0.455. The van der Waals surface area contributed by atoms with Crippen molar-refractivity contribution in [2.75, 3.05) is 27.7 Å². The summed E-state index contributed by atoms with van der Waals surface area (Å²) < 4.78 is 0. The van der Waals surface area contributed by atoms with Gasteiger partial charge in [0.1, 0.15) is 0 Å². The predicted octanol–water partition coefficient (Wildman–Crippen LogP) is 0.602. The molecule has 82 valence electrons. The third kappa shape index (κ3) is 4.08. The van der Waals surface area contributed by atoms with Gasteiger partial charge in [-0.15, -0.1) is 0 Å². The minimum absolute atomic E-state index is 0.105. The Balaban J connectivity index is 2.43. The van der Waals surface area contributed by atoms with E-state index < -0.39 is 0 Å². The van der Waals surface area contributed by atoms with E-state index in [1.165, 1.54) is 0 Å². The molecule has 0 fully saturated rings. The fourth-order valence-electron chi connectivity index (χ4n) is 1.20. The number of carbonyl (C=O) groups is 1. The van der Waals surface area contributed by atoms with Gasteiger partial charge < -0.3 is 4.90 Å². The fourth-order valence-corrected chi connectivity index (χ4v) is 1.20. The Labute approximate surface area is 90.5 Å². The van der Waals surface area contributed by atoms with Gasteiger partial charge in [-0.1, -0.05) is 6.07 Å². The average Bonchev–Trinajstić information content (AvgIpc) is 2.18. The number of rotatable bonds is 4. The van der Waals surface area contributed by atoms with Crippen LogP contribution in [-0.4, -0.2) is 48.4 Å². The lowest BCUT2D eigenvalue weighted by atomic mass is 10.3. The first kappa shape index (κ1) is 11.7. The van der Waals surface area contributed by atoms with Crippen molar-refractivity contribution in [3.63, 3.8) is 0 Å². The second-order valence-electron chi connectivity index (χ2n) is 3.78. The Morgan fingerprint density at radius 2 is 2.07 bits per heavy atom. The Bertz CT molecular complexity index is 311. The molecule has 1 aromatic heterocycles. The van der Waals surface area contributed by atoms with Crippen LogP contribution in [0.2, 0.25) is 0 Å². The van der Waals surface area contributed by atoms with Gasteiger partial charge in [-0.3, -0.25) is 14.7 Å². The van der Waals surface area contributed by atoms with Gasteiger partial charge >= 0.3 is 0 Å². The lowest BCUT2D eigenvalue weighted by Crippen LogP contribution is -2.34. The van der Waals surface area contributed by atoms with Gasteiger partial charge in [-0.05, 0) is 19.2 Å². The SMILES string of the molecule is CN(CC(=O)N(C)C)Cc1ccccn1. The number of pyridine rings is 1. The van der Waals surface area contributed by atoms with Crippen LogP contribution in [0, 0.1) is 0 Å². The van der Waals surface area contributed by atoms with E-state index in [9.17, 15) is 4.79 Å².